The number of rotatable bonds is 6. The second-order valence-corrected chi connectivity index (χ2v) is 7.32. The van der Waals surface area contributed by atoms with Gasteiger partial charge < -0.3 is 15.3 Å². The van der Waals surface area contributed by atoms with Crippen LogP contribution in [0.15, 0.2) is 16.2 Å². The number of aryl methyl sites for hydroxylation is 1. The molecule has 3 rings (SSSR count). The maximum atomic E-state index is 12.6. The van der Waals surface area contributed by atoms with Crippen LogP contribution in [0.2, 0.25) is 0 Å². The molecule has 0 unspecified atom stereocenters. The van der Waals surface area contributed by atoms with Crippen LogP contribution in [0.4, 0.5) is 0 Å². The first-order valence-corrected chi connectivity index (χ1v) is 9.85. The summed E-state index contributed by atoms with van der Waals surface area (Å²) >= 11 is 1.39. The van der Waals surface area contributed by atoms with Crippen LogP contribution in [0.3, 0.4) is 0 Å². The Labute approximate surface area is 151 Å². The second kappa shape index (κ2) is 8.01. The van der Waals surface area contributed by atoms with E-state index in [0.29, 0.717) is 23.3 Å². The molecule has 0 saturated carbocycles. The first kappa shape index (κ1) is 17.9. The van der Waals surface area contributed by atoms with Gasteiger partial charge in [-0.1, -0.05) is 6.42 Å². The van der Waals surface area contributed by atoms with Crippen LogP contribution in [0, 0.1) is 0 Å². The van der Waals surface area contributed by atoms with Crippen molar-refractivity contribution in [2.75, 3.05) is 26.2 Å². The van der Waals surface area contributed by atoms with Crippen molar-refractivity contribution >= 4 is 27.5 Å². The molecule has 6 nitrogen and oxygen atoms in total. The van der Waals surface area contributed by atoms with Gasteiger partial charge in [-0.3, -0.25) is 14.2 Å². The lowest BCUT2D eigenvalue weighted by atomic mass is 10.1. The number of thiophene rings is 1. The van der Waals surface area contributed by atoms with Gasteiger partial charge in [0.15, 0.2) is 0 Å². The largest absolute Gasteiger partial charge is 0.506 e. The van der Waals surface area contributed by atoms with Gasteiger partial charge >= 0.3 is 0 Å². The van der Waals surface area contributed by atoms with Gasteiger partial charge in [0, 0.05) is 13.1 Å². The van der Waals surface area contributed by atoms with Gasteiger partial charge in [0.05, 0.1) is 5.39 Å². The van der Waals surface area contributed by atoms with E-state index in [4.69, 9.17) is 0 Å². The van der Waals surface area contributed by atoms with Crippen LogP contribution in [0.1, 0.15) is 43.0 Å². The summed E-state index contributed by atoms with van der Waals surface area (Å²) in [5.41, 5.74) is -0.575. The normalized spacial score (nSPS) is 15.6. The number of nitrogens with one attached hydrogen (secondary N) is 1. The van der Waals surface area contributed by atoms with Gasteiger partial charge in [-0.25, -0.2) is 0 Å². The summed E-state index contributed by atoms with van der Waals surface area (Å²) in [6.07, 6.45) is 4.64. The zero-order valence-corrected chi connectivity index (χ0v) is 15.4. The van der Waals surface area contributed by atoms with Crippen molar-refractivity contribution in [1.82, 2.24) is 14.8 Å². The average Bonchev–Trinajstić information content (AvgIpc) is 3.10. The van der Waals surface area contributed by atoms with Gasteiger partial charge in [-0.2, -0.15) is 0 Å². The molecule has 2 aromatic heterocycles. The van der Waals surface area contributed by atoms with E-state index in [-0.39, 0.29) is 11.3 Å². The highest BCUT2D eigenvalue weighted by atomic mass is 32.1. The summed E-state index contributed by atoms with van der Waals surface area (Å²) in [5, 5.41) is 15.6. The lowest BCUT2D eigenvalue weighted by Gasteiger charge is -2.26. The summed E-state index contributed by atoms with van der Waals surface area (Å²) in [5.74, 6) is -0.698. The Morgan fingerprint density at radius 1 is 1.32 bits per heavy atom. The third-order valence-electron chi connectivity index (χ3n) is 4.77. The van der Waals surface area contributed by atoms with E-state index in [1.54, 1.807) is 10.6 Å². The minimum atomic E-state index is -0.489. The van der Waals surface area contributed by atoms with Gasteiger partial charge in [0.25, 0.3) is 11.5 Å². The summed E-state index contributed by atoms with van der Waals surface area (Å²) in [7, 11) is 0. The number of pyridine rings is 1. The molecule has 1 amide bonds. The lowest BCUT2D eigenvalue weighted by Crippen LogP contribution is -2.35. The fourth-order valence-corrected chi connectivity index (χ4v) is 4.39. The van der Waals surface area contributed by atoms with Crippen molar-refractivity contribution in [3.05, 3.63) is 27.4 Å². The topological polar surface area (TPSA) is 74.6 Å². The molecule has 1 aliphatic heterocycles. The molecular weight excluding hydrogens is 338 g/mol. The Morgan fingerprint density at radius 2 is 2.08 bits per heavy atom. The second-order valence-electron chi connectivity index (χ2n) is 6.42. The number of fused-ring (bicyclic) bond motifs is 1. The number of carbonyl (C=O) groups is 1. The van der Waals surface area contributed by atoms with Crippen LogP contribution in [-0.2, 0) is 6.54 Å². The minimum Gasteiger partial charge on any atom is -0.506 e. The summed E-state index contributed by atoms with van der Waals surface area (Å²) in [4.78, 5) is 28.2. The van der Waals surface area contributed by atoms with E-state index in [9.17, 15) is 14.7 Å². The molecule has 0 aromatic carbocycles. The summed E-state index contributed by atoms with van der Waals surface area (Å²) in [6, 6.07) is 1.74. The molecule has 2 N–H and O–H groups in total. The van der Waals surface area contributed by atoms with E-state index in [1.807, 2.05) is 12.3 Å². The van der Waals surface area contributed by atoms with Crippen molar-refractivity contribution in [3.8, 4) is 5.75 Å². The van der Waals surface area contributed by atoms with Crippen LogP contribution in [0.5, 0.6) is 5.75 Å². The Morgan fingerprint density at radius 3 is 2.80 bits per heavy atom. The number of likely N-dealkylation sites (tertiary alicyclic amines) is 1. The van der Waals surface area contributed by atoms with Gasteiger partial charge in [-0.05, 0) is 57.3 Å². The first-order chi connectivity index (χ1) is 12.1. The van der Waals surface area contributed by atoms with E-state index < -0.39 is 11.5 Å². The summed E-state index contributed by atoms with van der Waals surface area (Å²) < 4.78 is 1.54. The Kier molecular flexibility index (Phi) is 5.75. The molecule has 2 aromatic rings. The number of hydrogen-bond donors (Lipinski definition) is 2. The van der Waals surface area contributed by atoms with E-state index >= 15 is 0 Å². The maximum Gasteiger partial charge on any atom is 0.268 e. The fourth-order valence-electron chi connectivity index (χ4n) is 3.42. The highest BCUT2D eigenvalue weighted by molar-refractivity contribution is 7.16. The van der Waals surface area contributed by atoms with Gasteiger partial charge in [0.2, 0.25) is 0 Å². The van der Waals surface area contributed by atoms with Crippen LogP contribution >= 0.6 is 11.3 Å². The van der Waals surface area contributed by atoms with E-state index in [0.717, 1.165) is 26.1 Å². The Balaban J connectivity index is 1.68. The third-order valence-corrected chi connectivity index (χ3v) is 5.71. The molecule has 0 radical (unpaired) electrons. The van der Waals surface area contributed by atoms with Crippen molar-refractivity contribution in [2.24, 2.45) is 0 Å². The third kappa shape index (κ3) is 3.72. The maximum absolute atomic E-state index is 12.6. The lowest BCUT2D eigenvalue weighted by molar-refractivity contribution is 0.0946. The highest BCUT2D eigenvalue weighted by Crippen LogP contribution is 2.30. The predicted molar refractivity (Wildman–Crippen MR) is 101 cm³/mol. The van der Waals surface area contributed by atoms with Crippen LogP contribution in [-0.4, -0.2) is 46.7 Å². The van der Waals surface area contributed by atoms with Crippen molar-refractivity contribution in [1.29, 1.82) is 0 Å². The van der Waals surface area contributed by atoms with E-state index in [1.165, 1.54) is 30.6 Å². The summed E-state index contributed by atoms with van der Waals surface area (Å²) in [6.45, 7) is 6.04. The quantitative estimate of drug-likeness (QED) is 0.773. The Bertz CT molecular complexity index is 806. The van der Waals surface area contributed by atoms with Crippen LogP contribution in [0.25, 0.3) is 10.2 Å². The standard InChI is InChI=1S/C18H25N3O3S/c1-2-21-17(24)14(15(22)13-7-12-25-18(13)21)16(23)19-8-6-11-20-9-4-3-5-10-20/h7,12,22H,2-6,8-11H2,1H3,(H,19,23). The van der Waals surface area contributed by atoms with Crippen molar-refractivity contribution < 1.29 is 9.90 Å². The molecule has 0 spiro atoms. The smallest absolute Gasteiger partial charge is 0.268 e. The number of piperidine rings is 1. The molecular formula is C18H25N3O3S. The molecule has 0 atom stereocenters. The molecule has 1 saturated heterocycles. The van der Waals surface area contributed by atoms with Gasteiger partial charge in [0.1, 0.15) is 16.1 Å². The van der Waals surface area contributed by atoms with Gasteiger partial charge in [-0.15, -0.1) is 11.3 Å². The van der Waals surface area contributed by atoms with E-state index in [2.05, 4.69) is 10.2 Å². The molecule has 25 heavy (non-hydrogen) atoms. The molecule has 1 aliphatic rings. The number of hydrogen-bond acceptors (Lipinski definition) is 5. The monoisotopic (exact) mass is 363 g/mol. The van der Waals surface area contributed by atoms with Crippen molar-refractivity contribution in [2.45, 2.75) is 39.2 Å². The number of aromatic nitrogens is 1. The molecule has 0 bridgehead atoms. The first-order valence-electron chi connectivity index (χ1n) is 8.97. The fraction of sp³-hybridized carbons (Fsp3) is 0.556. The van der Waals surface area contributed by atoms with Crippen molar-refractivity contribution in [3.63, 3.8) is 0 Å². The molecule has 0 aliphatic carbocycles. The number of carbonyl (C=O) groups excluding carboxylic acids is 1. The SMILES string of the molecule is CCn1c(=O)c(C(=O)NCCCN2CCCCC2)c(O)c2ccsc21. The Hall–Kier alpha value is -1.86. The zero-order valence-electron chi connectivity index (χ0n) is 14.6. The molecule has 3 heterocycles. The number of nitrogens with zero attached hydrogens (tertiary/aromatic N) is 2. The number of aromatic hydroxyl groups is 1. The van der Waals surface area contributed by atoms with Crippen LogP contribution < -0.4 is 10.9 Å². The predicted octanol–water partition coefficient (Wildman–Crippen LogP) is 2.39. The zero-order chi connectivity index (χ0) is 17.8. The minimum absolute atomic E-state index is 0.147. The highest BCUT2D eigenvalue weighted by Gasteiger charge is 2.22. The molecule has 7 heteroatoms. The number of amides is 1. The molecule has 136 valence electrons. The average molecular weight is 363 g/mol. The molecule has 1 fully saturated rings.